The maximum absolute atomic E-state index is 13.5. The van der Waals surface area contributed by atoms with Crippen molar-refractivity contribution in [3.05, 3.63) is 29.8 Å². The molecule has 2 N–H and O–H groups in total. The molecule has 2 rings (SSSR count). The van der Waals surface area contributed by atoms with Crippen molar-refractivity contribution in [2.75, 3.05) is 6.54 Å². The molecule has 2 unspecified atom stereocenters. The molecule has 114 valence electrons. The van der Waals surface area contributed by atoms with Crippen LogP contribution in [-0.2, 0) is 10.0 Å². The van der Waals surface area contributed by atoms with E-state index in [4.69, 9.17) is 0 Å². The Morgan fingerprint density at radius 2 is 2.05 bits per heavy atom. The highest BCUT2D eigenvalue weighted by Crippen LogP contribution is 2.18. The summed E-state index contributed by atoms with van der Waals surface area (Å²) in [6, 6.07) is 2.42. The van der Waals surface area contributed by atoms with E-state index in [0.29, 0.717) is 25.5 Å². The lowest BCUT2D eigenvalue weighted by molar-refractivity contribution is 0.361. The largest absolute Gasteiger partial charge is 0.314 e. The number of halogens is 3. The molecule has 0 radical (unpaired) electrons. The highest BCUT2D eigenvalue weighted by atomic mass is 35.5. The zero-order valence-electron chi connectivity index (χ0n) is 10.9. The molecule has 1 aliphatic heterocycles. The fourth-order valence-corrected chi connectivity index (χ4v) is 3.56. The molecule has 1 aromatic carbocycles. The van der Waals surface area contributed by atoms with E-state index in [1.807, 2.05) is 6.92 Å². The summed E-state index contributed by atoms with van der Waals surface area (Å²) >= 11 is 0. The van der Waals surface area contributed by atoms with Crippen molar-refractivity contribution in [3.8, 4) is 0 Å². The minimum Gasteiger partial charge on any atom is -0.314 e. The Balaban J connectivity index is 0.00000200. The summed E-state index contributed by atoms with van der Waals surface area (Å²) in [4.78, 5) is -0.514. The van der Waals surface area contributed by atoms with Crippen LogP contribution in [0.5, 0.6) is 0 Å². The summed E-state index contributed by atoms with van der Waals surface area (Å²) in [6.07, 6.45) is 1.29. The quantitative estimate of drug-likeness (QED) is 0.890. The third-order valence-electron chi connectivity index (χ3n) is 3.13. The van der Waals surface area contributed by atoms with Crippen molar-refractivity contribution in [2.45, 2.75) is 36.7 Å². The molecule has 2 atom stereocenters. The van der Waals surface area contributed by atoms with Gasteiger partial charge in [0.2, 0.25) is 10.0 Å². The minimum absolute atomic E-state index is 0. The number of hydrogen-bond acceptors (Lipinski definition) is 3. The van der Waals surface area contributed by atoms with Crippen LogP contribution in [0, 0.1) is 11.6 Å². The second kappa shape index (κ2) is 6.80. The Morgan fingerprint density at radius 3 is 2.65 bits per heavy atom. The molecule has 1 saturated heterocycles. The molecular formula is C12H17ClF2N2O2S. The first kappa shape index (κ1) is 17.3. The van der Waals surface area contributed by atoms with Crippen LogP contribution in [0.2, 0.25) is 0 Å². The van der Waals surface area contributed by atoms with Crippen molar-refractivity contribution >= 4 is 22.4 Å². The van der Waals surface area contributed by atoms with Gasteiger partial charge >= 0.3 is 0 Å². The first-order valence-electron chi connectivity index (χ1n) is 6.09. The number of sulfonamides is 1. The van der Waals surface area contributed by atoms with Gasteiger partial charge in [-0.3, -0.25) is 0 Å². The van der Waals surface area contributed by atoms with Crippen LogP contribution in [0.3, 0.4) is 0 Å². The predicted molar refractivity (Wildman–Crippen MR) is 74.4 cm³/mol. The molecule has 20 heavy (non-hydrogen) atoms. The molecule has 0 spiro atoms. The molecule has 1 heterocycles. The normalized spacial score (nSPS) is 23.1. The number of benzene rings is 1. The highest BCUT2D eigenvalue weighted by Gasteiger charge is 2.26. The Kier molecular flexibility index (Phi) is 5.88. The Bertz CT molecular complexity index is 569. The van der Waals surface area contributed by atoms with Gasteiger partial charge in [-0.1, -0.05) is 0 Å². The molecule has 0 saturated carbocycles. The summed E-state index contributed by atoms with van der Waals surface area (Å²) in [5.41, 5.74) is 0. The van der Waals surface area contributed by atoms with Gasteiger partial charge in [-0.05, 0) is 38.4 Å². The summed E-state index contributed by atoms with van der Waals surface area (Å²) in [6.45, 7) is 2.67. The maximum Gasteiger partial charge on any atom is 0.243 e. The van der Waals surface area contributed by atoms with E-state index in [0.717, 1.165) is 12.1 Å². The molecule has 1 fully saturated rings. The standard InChI is InChI=1S/C12H16F2N2O2S.ClH/c1-8-6-10(4-5-15-8)16-19(17,18)12-3-2-9(13)7-11(12)14;/h2-3,7-8,10,15-16H,4-6H2,1H3;1H. The molecule has 0 amide bonds. The molecule has 1 aromatic rings. The minimum atomic E-state index is -3.95. The van der Waals surface area contributed by atoms with Gasteiger partial charge in [0, 0.05) is 18.2 Å². The Morgan fingerprint density at radius 1 is 1.35 bits per heavy atom. The fourth-order valence-electron chi connectivity index (χ4n) is 2.22. The van der Waals surface area contributed by atoms with Gasteiger partial charge in [0.1, 0.15) is 16.5 Å². The van der Waals surface area contributed by atoms with E-state index in [9.17, 15) is 17.2 Å². The smallest absolute Gasteiger partial charge is 0.243 e. The van der Waals surface area contributed by atoms with Gasteiger partial charge < -0.3 is 5.32 Å². The van der Waals surface area contributed by atoms with Gasteiger partial charge in [0.25, 0.3) is 0 Å². The van der Waals surface area contributed by atoms with Crippen LogP contribution < -0.4 is 10.0 Å². The van der Waals surface area contributed by atoms with Crippen molar-refractivity contribution in [1.29, 1.82) is 0 Å². The average molecular weight is 327 g/mol. The first-order valence-corrected chi connectivity index (χ1v) is 7.57. The van der Waals surface area contributed by atoms with Gasteiger partial charge in [-0.2, -0.15) is 0 Å². The van der Waals surface area contributed by atoms with E-state index in [2.05, 4.69) is 10.0 Å². The summed E-state index contributed by atoms with van der Waals surface area (Å²) < 4.78 is 52.8. The number of hydrogen-bond donors (Lipinski definition) is 2. The first-order chi connectivity index (χ1) is 8.88. The lowest BCUT2D eigenvalue weighted by Crippen LogP contribution is -2.46. The third-order valence-corrected chi connectivity index (χ3v) is 4.68. The second-order valence-corrected chi connectivity index (χ2v) is 6.45. The SMILES string of the molecule is CC1CC(NS(=O)(=O)c2ccc(F)cc2F)CCN1.Cl. The lowest BCUT2D eigenvalue weighted by atomic mass is 10.0. The van der Waals surface area contributed by atoms with Crippen LogP contribution in [0.15, 0.2) is 23.1 Å². The summed E-state index contributed by atoms with van der Waals surface area (Å²) in [7, 11) is -3.95. The van der Waals surface area contributed by atoms with Crippen LogP contribution in [-0.4, -0.2) is 27.0 Å². The van der Waals surface area contributed by atoms with Crippen LogP contribution in [0.25, 0.3) is 0 Å². The van der Waals surface area contributed by atoms with E-state index in [1.165, 1.54) is 0 Å². The van der Waals surface area contributed by atoms with E-state index >= 15 is 0 Å². The van der Waals surface area contributed by atoms with E-state index < -0.39 is 26.6 Å². The Labute approximate surface area is 123 Å². The van der Waals surface area contributed by atoms with E-state index in [1.54, 1.807) is 0 Å². The van der Waals surface area contributed by atoms with Gasteiger partial charge in [0.15, 0.2) is 0 Å². The number of piperidine rings is 1. The molecule has 0 bridgehead atoms. The zero-order valence-corrected chi connectivity index (χ0v) is 12.5. The predicted octanol–water partition coefficient (Wildman–Crippen LogP) is 1.81. The zero-order chi connectivity index (χ0) is 14.0. The third kappa shape index (κ3) is 4.12. The van der Waals surface area contributed by atoms with Crippen molar-refractivity contribution in [3.63, 3.8) is 0 Å². The molecule has 1 aliphatic rings. The van der Waals surface area contributed by atoms with Crippen molar-refractivity contribution in [2.24, 2.45) is 0 Å². The topological polar surface area (TPSA) is 58.2 Å². The van der Waals surface area contributed by atoms with E-state index in [-0.39, 0.29) is 24.5 Å². The Hall–Kier alpha value is -0.760. The number of nitrogens with one attached hydrogen (secondary N) is 2. The van der Waals surface area contributed by atoms with Crippen molar-refractivity contribution < 1.29 is 17.2 Å². The van der Waals surface area contributed by atoms with Gasteiger partial charge in [-0.25, -0.2) is 21.9 Å². The molecule has 8 heteroatoms. The average Bonchev–Trinajstić information content (AvgIpc) is 2.27. The lowest BCUT2D eigenvalue weighted by Gasteiger charge is -2.28. The number of rotatable bonds is 3. The second-order valence-electron chi connectivity index (χ2n) is 4.77. The van der Waals surface area contributed by atoms with Crippen LogP contribution in [0.1, 0.15) is 19.8 Å². The molecule has 4 nitrogen and oxygen atoms in total. The molecule has 0 aliphatic carbocycles. The fraction of sp³-hybridized carbons (Fsp3) is 0.500. The van der Waals surface area contributed by atoms with Crippen molar-refractivity contribution in [1.82, 2.24) is 10.0 Å². The summed E-state index contributed by atoms with van der Waals surface area (Å²) in [5.74, 6) is -1.87. The molecular weight excluding hydrogens is 310 g/mol. The summed E-state index contributed by atoms with van der Waals surface area (Å²) in [5, 5.41) is 3.20. The molecule has 0 aromatic heterocycles. The van der Waals surface area contributed by atoms with Crippen LogP contribution in [0.4, 0.5) is 8.78 Å². The van der Waals surface area contributed by atoms with Gasteiger partial charge in [0.05, 0.1) is 0 Å². The monoisotopic (exact) mass is 326 g/mol. The van der Waals surface area contributed by atoms with Gasteiger partial charge in [-0.15, -0.1) is 12.4 Å². The highest BCUT2D eigenvalue weighted by molar-refractivity contribution is 7.89. The maximum atomic E-state index is 13.5. The van der Waals surface area contributed by atoms with Crippen LogP contribution >= 0.6 is 12.4 Å².